The number of fused-ring (bicyclic) bond motifs is 7. The Bertz CT molecular complexity index is 3310. The van der Waals surface area contributed by atoms with E-state index in [1.54, 1.807) is 12.4 Å². The number of benzene rings is 5. The zero-order chi connectivity index (χ0) is 52.5. The van der Waals surface area contributed by atoms with Crippen LogP contribution in [-0.4, -0.2) is 35.7 Å². The molecule has 0 aliphatic carbocycles. The number of para-hydroxylation sites is 4. The Kier molecular flexibility index (Phi) is 16.4. The first kappa shape index (κ1) is 56.8. The number of carbonyl (C=O) groups excluding carboxylic acids is 1. The number of nitrogens with zero attached hydrogens (tertiary/aromatic N) is 6. The van der Waals surface area contributed by atoms with Crippen molar-refractivity contribution in [1.29, 1.82) is 0 Å². The first-order valence-corrected chi connectivity index (χ1v) is 25.1. The summed E-state index contributed by atoms with van der Waals surface area (Å²) in [7, 11) is -21.3. The van der Waals surface area contributed by atoms with Crippen LogP contribution < -0.4 is 0 Å². The molecule has 6 aromatic heterocycles. The van der Waals surface area contributed by atoms with Gasteiger partial charge in [0, 0.05) is 44.7 Å². The average molecular weight is 1140 g/mol. The summed E-state index contributed by atoms with van der Waals surface area (Å²) in [6, 6.07) is 61.1. The largest absolute Gasteiger partial charge is 2.00 e. The van der Waals surface area contributed by atoms with Gasteiger partial charge in [-0.2, -0.15) is 0 Å². The standard InChI is InChI=1S/2C18H12N2.C12H8N2.C3H6O.2F6P.Ru/c2*1-3-7-15-13(5-1)9-11-17(19-15)18-12-10-14-6-2-4-8-16(14)20-18;1-3-9-5-6-10-4-2-8-14-12(10)11(9)13-7-1;1-3(2)4;2*1-7(2,3,4,5)6;/h2*1-12H;1-8H;1-2H3;;;/q;;;;2*-1;+2. The molecule has 22 heteroatoms. The van der Waals surface area contributed by atoms with Gasteiger partial charge in [-0.05, 0) is 74.5 Å². The van der Waals surface area contributed by atoms with Gasteiger partial charge in [0.25, 0.3) is 0 Å². The van der Waals surface area contributed by atoms with Gasteiger partial charge in [0.1, 0.15) is 5.78 Å². The third kappa shape index (κ3) is 20.5. The van der Waals surface area contributed by atoms with E-state index in [-0.39, 0.29) is 25.3 Å². The van der Waals surface area contributed by atoms with Crippen LogP contribution in [0.5, 0.6) is 0 Å². The topological polar surface area (TPSA) is 94.4 Å². The van der Waals surface area contributed by atoms with Crippen LogP contribution in [0.25, 0.3) is 88.2 Å². The second kappa shape index (κ2) is 21.1. The van der Waals surface area contributed by atoms with Crippen molar-refractivity contribution >= 4 is 86.8 Å². The maximum Gasteiger partial charge on any atom is 2.00 e. The van der Waals surface area contributed by atoms with Crippen molar-refractivity contribution in [3.05, 3.63) is 194 Å². The van der Waals surface area contributed by atoms with E-state index in [1.807, 2.05) is 109 Å². The molecule has 0 N–H and O–H groups in total. The molecular weight excluding hydrogens is 1100 g/mol. The summed E-state index contributed by atoms with van der Waals surface area (Å²) in [5, 5.41) is 6.88. The van der Waals surface area contributed by atoms with Crippen molar-refractivity contribution in [2.24, 2.45) is 0 Å². The number of Topliss-reactive ketones (excluding diaryl/α,β-unsaturated/α-hetero) is 1. The average Bonchev–Trinajstić information content (AvgIpc) is 3.31. The number of rotatable bonds is 2. The van der Waals surface area contributed by atoms with Crippen LogP contribution in [0.2, 0.25) is 0 Å². The van der Waals surface area contributed by atoms with Crippen molar-refractivity contribution in [3.8, 4) is 22.8 Å². The number of hydrogen-bond donors (Lipinski definition) is 0. The van der Waals surface area contributed by atoms with Gasteiger partial charge in [0.2, 0.25) is 0 Å². The zero-order valence-electron chi connectivity index (χ0n) is 37.9. The molecule has 0 atom stereocenters. The van der Waals surface area contributed by atoms with Crippen LogP contribution in [0.15, 0.2) is 194 Å². The van der Waals surface area contributed by atoms with Gasteiger partial charge in [-0.25, -0.2) is 19.9 Å². The third-order valence-electron chi connectivity index (χ3n) is 9.26. The van der Waals surface area contributed by atoms with E-state index in [0.717, 1.165) is 88.2 Å². The van der Waals surface area contributed by atoms with E-state index in [1.165, 1.54) is 13.8 Å². The van der Waals surface area contributed by atoms with Crippen molar-refractivity contribution < 1.29 is 74.6 Å². The molecule has 0 bridgehead atoms. The van der Waals surface area contributed by atoms with Crippen molar-refractivity contribution in [1.82, 2.24) is 29.9 Å². The minimum Gasteiger partial charge on any atom is -0.254 e. The summed E-state index contributed by atoms with van der Waals surface area (Å²) in [6.07, 6.45) is 3.60. The van der Waals surface area contributed by atoms with Crippen LogP contribution in [0.1, 0.15) is 13.8 Å². The predicted molar refractivity (Wildman–Crippen MR) is 265 cm³/mol. The monoisotopic (exact) mass is 1140 g/mol. The molecule has 0 aliphatic rings. The number of hydrogen-bond acceptors (Lipinski definition) is 7. The first-order valence-electron chi connectivity index (χ1n) is 21.0. The van der Waals surface area contributed by atoms with Gasteiger partial charge in [-0.3, -0.25) is 9.97 Å². The Balaban J connectivity index is 0.000000175. The van der Waals surface area contributed by atoms with Gasteiger partial charge < -0.3 is 4.79 Å². The van der Waals surface area contributed by atoms with Gasteiger partial charge in [0.15, 0.2) is 0 Å². The van der Waals surface area contributed by atoms with E-state index < -0.39 is 15.6 Å². The molecule has 7 nitrogen and oxygen atoms in total. The van der Waals surface area contributed by atoms with Crippen LogP contribution in [0.3, 0.4) is 0 Å². The zero-order valence-corrected chi connectivity index (χ0v) is 41.4. The number of halogens is 12. The fourth-order valence-electron chi connectivity index (χ4n) is 6.51. The summed E-state index contributed by atoms with van der Waals surface area (Å²) in [5.74, 6) is 0.167. The Morgan fingerprint density at radius 2 is 0.507 bits per heavy atom. The normalized spacial score (nSPS) is 12.9. The molecule has 11 rings (SSSR count). The van der Waals surface area contributed by atoms with Crippen molar-refractivity contribution in [2.45, 2.75) is 13.8 Å². The minimum atomic E-state index is -10.7. The van der Waals surface area contributed by atoms with E-state index in [0.29, 0.717) is 0 Å². The number of pyridine rings is 6. The summed E-state index contributed by atoms with van der Waals surface area (Å²) < 4.78 is 118. The molecule has 0 saturated carbocycles. The van der Waals surface area contributed by atoms with Crippen LogP contribution >= 0.6 is 15.6 Å². The van der Waals surface area contributed by atoms with Crippen molar-refractivity contribution in [2.75, 3.05) is 0 Å². The molecule has 6 heterocycles. The quantitative estimate of drug-likeness (QED) is 0.0736. The molecule has 0 saturated heterocycles. The molecule has 5 aromatic carbocycles. The molecule has 0 aliphatic heterocycles. The van der Waals surface area contributed by atoms with Crippen LogP contribution in [-0.2, 0) is 24.3 Å². The van der Waals surface area contributed by atoms with Crippen LogP contribution in [0, 0.1) is 0 Å². The molecule has 0 spiro atoms. The Labute approximate surface area is 420 Å². The summed E-state index contributed by atoms with van der Waals surface area (Å²) in [6.45, 7) is 3.06. The van der Waals surface area contributed by atoms with Gasteiger partial charge in [0.05, 0.1) is 55.9 Å². The van der Waals surface area contributed by atoms with Gasteiger partial charge in [-0.1, -0.05) is 121 Å². The summed E-state index contributed by atoms with van der Waals surface area (Å²) in [4.78, 5) is 36.9. The summed E-state index contributed by atoms with van der Waals surface area (Å²) in [5.41, 5.74) is 9.60. The van der Waals surface area contributed by atoms with E-state index in [4.69, 9.17) is 0 Å². The van der Waals surface area contributed by atoms with E-state index in [9.17, 15) is 55.2 Å². The Hall–Kier alpha value is -7.13. The SMILES string of the molecule is CC(C)=O.F[P-](F)(F)(F)(F)F.F[P-](F)(F)(F)(F)F.[Ru+2].c1ccc2nc(-c3ccc4ccccc4n3)ccc2c1.c1ccc2nc(-c3ccc4ccccc4n3)ccc2c1.c1cnc2c(c1)ccc1cccnc12. The molecular formula is C51H38F12N6OP2Ru. The second-order valence-electron chi connectivity index (χ2n) is 15.6. The minimum absolute atomic E-state index is 0. The smallest absolute Gasteiger partial charge is 0.254 e. The molecule has 380 valence electrons. The van der Waals surface area contributed by atoms with Gasteiger partial charge >= 0.3 is 85.5 Å². The number of ketones is 1. The molecule has 0 radical (unpaired) electrons. The second-order valence-corrected chi connectivity index (χ2v) is 19.4. The fraction of sp³-hybridized carbons (Fsp3) is 0.0392. The Morgan fingerprint density at radius 3 is 0.740 bits per heavy atom. The number of aromatic nitrogens is 6. The summed E-state index contributed by atoms with van der Waals surface area (Å²) >= 11 is 0. The van der Waals surface area contributed by atoms with Gasteiger partial charge in [-0.15, -0.1) is 0 Å². The fourth-order valence-corrected chi connectivity index (χ4v) is 6.51. The molecule has 0 fully saturated rings. The first-order chi connectivity index (χ1) is 33.4. The van der Waals surface area contributed by atoms with E-state index >= 15 is 0 Å². The molecule has 0 unspecified atom stereocenters. The molecule has 73 heavy (non-hydrogen) atoms. The third-order valence-corrected chi connectivity index (χ3v) is 9.26. The molecule has 0 amide bonds. The Morgan fingerprint density at radius 1 is 0.315 bits per heavy atom. The maximum atomic E-state index is 9.87. The maximum absolute atomic E-state index is 10.7. The van der Waals surface area contributed by atoms with Crippen molar-refractivity contribution in [3.63, 3.8) is 0 Å². The molecule has 11 aromatic rings. The van der Waals surface area contributed by atoms with Crippen LogP contribution in [0.4, 0.5) is 50.4 Å². The van der Waals surface area contributed by atoms with E-state index in [2.05, 4.69) is 103 Å². The number of carbonyl (C=O) groups is 1. The predicted octanol–water partition coefficient (Wildman–Crippen LogP) is 19.0.